The Hall–Kier alpha value is -1.03. The van der Waals surface area contributed by atoms with E-state index in [1.165, 1.54) is 0 Å². The zero-order valence-corrected chi connectivity index (χ0v) is 5.59. The Kier molecular flexibility index (Phi) is 1.63. The van der Waals surface area contributed by atoms with E-state index in [-0.39, 0.29) is 12.3 Å². The quantitative estimate of drug-likeness (QED) is 0.419. The van der Waals surface area contributed by atoms with Crippen molar-refractivity contribution in [2.24, 2.45) is 0 Å². The highest BCUT2D eigenvalue weighted by molar-refractivity contribution is 5.97. The van der Waals surface area contributed by atoms with E-state index >= 15 is 0 Å². The summed E-state index contributed by atoms with van der Waals surface area (Å²) in [5, 5.41) is 20.5. The molecule has 1 aliphatic rings. The van der Waals surface area contributed by atoms with E-state index in [0.717, 1.165) is 0 Å². The van der Waals surface area contributed by atoms with Crippen molar-refractivity contribution in [3.8, 4) is 0 Å². The third kappa shape index (κ3) is 0.974. The Balaban J connectivity index is 2.88. The Labute approximate surface area is 58.2 Å². The van der Waals surface area contributed by atoms with Gasteiger partial charge in [0, 0.05) is 6.54 Å². The maximum Gasteiger partial charge on any atom is 0.229 e. The number of aliphatic hydroxyl groups excluding tert-OH is 2. The maximum absolute atomic E-state index is 10.7. The van der Waals surface area contributed by atoms with Gasteiger partial charge in [0.15, 0.2) is 5.76 Å². The molecule has 0 aromatic heterocycles. The molecule has 4 heteroatoms. The Bertz CT molecular complexity index is 197. The molecule has 0 amide bonds. The monoisotopic (exact) mass is 143 g/mol. The van der Waals surface area contributed by atoms with Gasteiger partial charge in [-0.25, -0.2) is 0 Å². The summed E-state index contributed by atoms with van der Waals surface area (Å²) >= 11 is 0. The number of hydrogen-bond donors (Lipinski definition) is 3. The summed E-state index contributed by atoms with van der Waals surface area (Å²) in [7, 11) is 0. The van der Waals surface area contributed by atoms with Crippen LogP contribution in [0.5, 0.6) is 0 Å². The van der Waals surface area contributed by atoms with E-state index in [4.69, 9.17) is 10.2 Å². The lowest BCUT2D eigenvalue weighted by atomic mass is 10.1. The van der Waals surface area contributed by atoms with Gasteiger partial charge in [0.1, 0.15) is 6.10 Å². The molecule has 4 nitrogen and oxygen atoms in total. The minimum Gasteiger partial charge on any atom is -0.503 e. The average Bonchev–Trinajstić information content (AvgIpc) is 1.93. The predicted octanol–water partition coefficient (Wildman–Crippen LogP) is -0.691. The zero-order valence-electron chi connectivity index (χ0n) is 5.59. The van der Waals surface area contributed by atoms with Gasteiger partial charge < -0.3 is 15.5 Å². The van der Waals surface area contributed by atoms with Crippen molar-refractivity contribution < 1.29 is 15.0 Å². The second kappa shape index (κ2) is 2.30. The van der Waals surface area contributed by atoms with Gasteiger partial charge in [-0.2, -0.15) is 0 Å². The molecule has 0 bridgehead atoms. The molecular weight excluding hydrogens is 134 g/mol. The van der Waals surface area contributed by atoms with Crippen LogP contribution in [0.1, 0.15) is 6.92 Å². The fourth-order valence-electron chi connectivity index (χ4n) is 0.769. The van der Waals surface area contributed by atoms with E-state index in [2.05, 4.69) is 5.32 Å². The van der Waals surface area contributed by atoms with Crippen LogP contribution in [0.2, 0.25) is 0 Å². The molecule has 56 valence electrons. The molecule has 10 heavy (non-hydrogen) atoms. The van der Waals surface area contributed by atoms with Gasteiger partial charge in [-0.1, -0.05) is 0 Å². The van der Waals surface area contributed by atoms with Gasteiger partial charge >= 0.3 is 0 Å². The lowest BCUT2D eigenvalue weighted by Gasteiger charge is -2.18. The number of aliphatic hydroxyl groups is 2. The second-order valence-corrected chi connectivity index (χ2v) is 2.23. The van der Waals surface area contributed by atoms with Crippen molar-refractivity contribution in [3.05, 3.63) is 11.5 Å². The minimum absolute atomic E-state index is 0.189. The van der Waals surface area contributed by atoms with Crippen molar-refractivity contribution >= 4 is 5.78 Å². The van der Waals surface area contributed by atoms with Crippen molar-refractivity contribution in [1.29, 1.82) is 0 Å². The second-order valence-electron chi connectivity index (χ2n) is 2.23. The maximum atomic E-state index is 10.7. The molecule has 1 atom stereocenters. The van der Waals surface area contributed by atoms with Gasteiger partial charge in [-0.3, -0.25) is 4.79 Å². The molecule has 0 spiro atoms. The van der Waals surface area contributed by atoms with Crippen LogP contribution < -0.4 is 5.32 Å². The molecule has 0 saturated carbocycles. The van der Waals surface area contributed by atoms with E-state index in [0.29, 0.717) is 5.70 Å². The third-order valence-electron chi connectivity index (χ3n) is 1.45. The number of rotatable bonds is 0. The van der Waals surface area contributed by atoms with Gasteiger partial charge in [0.2, 0.25) is 5.78 Å². The molecule has 3 N–H and O–H groups in total. The van der Waals surface area contributed by atoms with E-state index in [9.17, 15) is 4.79 Å². The summed E-state index contributed by atoms with van der Waals surface area (Å²) < 4.78 is 0. The van der Waals surface area contributed by atoms with Gasteiger partial charge in [-0.15, -0.1) is 0 Å². The first kappa shape index (κ1) is 7.08. The molecule has 1 unspecified atom stereocenters. The first-order valence-corrected chi connectivity index (χ1v) is 2.99. The highest BCUT2D eigenvalue weighted by Gasteiger charge is 2.25. The highest BCUT2D eigenvalue weighted by Crippen LogP contribution is 2.06. The number of ketones is 1. The summed E-state index contributed by atoms with van der Waals surface area (Å²) in [6.45, 7) is 1.77. The van der Waals surface area contributed by atoms with Crippen molar-refractivity contribution in [2.75, 3.05) is 6.54 Å². The summed E-state index contributed by atoms with van der Waals surface area (Å²) in [4.78, 5) is 10.7. The van der Waals surface area contributed by atoms with Crippen LogP contribution in [0.3, 0.4) is 0 Å². The zero-order chi connectivity index (χ0) is 7.72. The Morgan fingerprint density at radius 1 is 1.70 bits per heavy atom. The minimum atomic E-state index is -1.09. The fourth-order valence-corrected chi connectivity index (χ4v) is 0.769. The largest absolute Gasteiger partial charge is 0.503 e. The molecular formula is C6H9NO3. The SMILES string of the molecule is CC1=C(O)C(=O)C(O)CN1. The summed E-state index contributed by atoms with van der Waals surface area (Å²) in [6, 6.07) is 0. The topological polar surface area (TPSA) is 69.6 Å². The number of nitrogens with one attached hydrogen (secondary N) is 1. The fraction of sp³-hybridized carbons (Fsp3) is 0.500. The highest BCUT2D eigenvalue weighted by atomic mass is 16.3. The van der Waals surface area contributed by atoms with Gasteiger partial charge in [-0.05, 0) is 6.92 Å². The van der Waals surface area contributed by atoms with Crippen LogP contribution in [-0.4, -0.2) is 28.6 Å². The number of allylic oxidation sites excluding steroid dienone is 1. The summed E-state index contributed by atoms with van der Waals surface area (Å²) in [5.74, 6) is -0.963. The van der Waals surface area contributed by atoms with Crippen molar-refractivity contribution in [2.45, 2.75) is 13.0 Å². The van der Waals surface area contributed by atoms with Crippen LogP contribution >= 0.6 is 0 Å². The summed E-state index contributed by atoms with van der Waals surface area (Å²) in [6.07, 6.45) is -1.09. The van der Waals surface area contributed by atoms with E-state index in [1.54, 1.807) is 6.92 Å². The molecule has 0 aliphatic carbocycles. The molecule has 1 aliphatic heterocycles. The smallest absolute Gasteiger partial charge is 0.229 e. The van der Waals surface area contributed by atoms with Crippen LogP contribution in [-0.2, 0) is 4.79 Å². The predicted molar refractivity (Wildman–Crippen MR) is 34.3 cm³/mol. The third-order valence-corrected chi connectivity index (χ3v) is 1.45. The molecule has 1 rings (SSSR count). The van der Waals surface area contributed by atoms with E-state index in [1.807, 2.05) is 0 Å². The molecule has 0 saturated heterocycles. The van der Waals surface area contributed by atoms with Crippen molar-refractivity contribution in [3.63, 3.8) is 0 Å². The lowest BCUT2D eigenvalue weighted by Crippen LogP contribution is -2.39. The Morgan fingerprint density at radius 2 is 2.30 bits per heavy atom. The first-order valence-electron chi connectivity index (χ1n) is 2.99. The van der Waals surface area contributed by atoms with Crippen LogP contribution in [0.4, 0.5) is 0 Å². The number of hydrogen-bond acceptors (Lipinski definition) is 4. The lowest BCUT2D eigenvalue weighted by molar-refractivity contribution is -0.126. The number of carbonyl (C=O) groups is 1. The van der Waals surface area contributed by atoms with Crippen LogP contribution in [0, 0.1) is 0 Å². The van der Waals surface area contributed by atoms with E-state index < -0.39 is 11.9 Å². The average molecular weight is 143 g/mol. The molecule has 0 aromatic carbocycles. The van der Waals surface area contributed by atoms with Crippen molar-refractivity contribution in [1.82, 2.24) is 5.32 Å². The standard InChI is InChI=1S/C6H9NO3/c1-3-5(9)6(10)4(8)2-7-3/h4,7-9H,2H2,1H3. The number of Topliss-reactive ketones (excluding diaryl/α,β-unsaturated/α-hetero) is 1. The molecule has 0 fully saturated rings. The Morgan fingerprint density at radius 3 is 2.80 bits per heavy atom. The van der Waals surface area contributed by atoms with Crippen LogP contribution in [0.15, 0.2) is 11.5 Å². The molecule has 1 heterocycles. The van der Waals surface area contributed by atoms with Gasteiger partial charge in [0.05, 0.1) is 5.70 Å². The summed E-state index contributed by atoms with van der Waals surface area (Å²) in [5.41, 5.74) is 0.426. The van der Waals surface area contributed by atoms with Gasteiger partial charge in [0.25, 0.3) is 0 Å². The number of β-amino-alcohol motifs (C(OH)–C–C–N with tert-alkyl or cyclic N) is 1. The first-order chi connectivity index (χ1) is 4.63. The number of carbonyl (C=O) groups excluding carboxylic acids is 1. The molecule has 0 radical (unpaired) electrons. The molecule has 0 aromatic rings. The normalized spacial score (nSPS) is 26.6. The van der Waals surface area contributed by atoms with Crippen LogP contribution in [0.25, 0.3) is 0 Å².